The van der Waals surface area contributed by atoms with Crippen LogP contribution in [0.25, 0.3) is 0 Å². The van der Waals surface area contributed by atoms with Crippen LogP contribution in [0.5, 0.6) is 0 Å². The molecule has 0 aliphatic carbocycles. The molecule has 0 radical (unpaired) electrons. The van der Waals surface area contributed by atoms with Gasteiger partial charge in [-0.2, -0.15) is 0 Å². The van der Waals surface area contributed by atoms with Gasteiger partial charge in [-0.25, -0.2) is 4.79 Å². The van der Waals surface area contributed by atoms with E-state index in [4.69, 9.17) is 4.74 Å². The summed E-state index contributed by atoms with van der Waals surface area (Å²) in [6.45, 7) is 9.22. The standard InChI is InChI=1S/C32H44N4O4/c1-4-11-27(33-31(39)40-23-26-14-9-6-10-15-26)28-29(37)36(22-24(2)3)32(30(38)34-28)17-20-35(21-18-32)19-16-25-12-7-5-8-13-25/h5-10,12-15,24,27-28H,4,11,16-23H2,1-3H3,(H,33,39)(H,34,38)/t27-,28-/m0/s1. The van der Waals surface area contributed by atoms with Crippen LogP contribution in [0.3, 0.4) is 0 Å². The molecule has 2 aromatic carbocycles. The van der Waals surface area contributed by atoms with E-state index in [1.54, 1.807) is 0 Å². The quantitative estimate of drug-likeness (QED) is 0.441. The molecule has 8 heteroatoms. The second-order valence-electron chi connectivity index (χ2n) is 11.5. The molecule has 0 saturated carbocycles. The predicted molar refractivity (Wildman–Crippen MR) is 155 cm³/mol. The Morgan fingerprint density at radius 2 is 1.65 bits per heavy atom. The van der Waals surface area contributed by atoms with E-state index >= 15 is 0 Å². The third-order valence-electron chi connectivity index (χ3n) is 8.07. The molecular formula is C32H44N4O4. The van der Waals surface area contributed by atoms with Gasteiger partial charge in [-0.05, 0) is 42.7 Å². The number of carbonyl (C=O) groups is 3. The summed E-state index contributed by atoms with van der Waals surface area (Å²) < 4.78 is 5.43. The van der Waals surface area contributed by atoms with Crippen molar-refractivity contribution in [1.82, 2.24) is 20.4 Å². The molecule has 3 amide bonds. The average molecular weight is 549 g/mol. The Labute approximate surface area is 238 Å². The maximum absolute atomic E-state index is 14.1. The molecule has 2 atom stereocenters. The number of rotatable bonds is 11. The highest BCUT2D eigenvalue weighted by Crippen LogP contribution is 2.34. The lowest BCUT2D eigenvalue weighted by Crippen LogP contribution is -2.76. The van der Waals surface area contributed by atoms with Gasteiger partial charge in [-0.15, -0.1) is 0 Å². The second-order valence-corrected chi connectivity index (χ2v) is 11.5. The summed E-state index contributed by atoms with van der Waals surface area (Å²) in [4.78, 5) is 44.8. The molecular weight excluding hydrogens is 504 g/mol. The minimum Gasteiger partial charge on any atom is -0.445 e. The van der Waals surface area contributed by atoms with Crippen molar-refractivity contribution in [2.75, 3.05) is 26.2 Å². The highest BCUT2D eigenvalue weighted by atomic mass is 16.5. The minimum absolute atomic E-state index is 0.110. The molecule has 0 unspecified atom stereocenters. The fraction of sp³-hybridized carbons (Fsp3) is 0.531. The summed E-state index contributed by atoms with van der Waals surface area (Å²) in [5.41, 5.74) is 1.33. The van der Waals surface area contributed by atoms with Crippen molar-refractivity contribution in [3.63, 3.8) is 0 Å². The topological polar surface area (TPSA) is 91.0 Å². The molecule has 2 fully saturated rings. The van der Waals surface area contributed by atoms with Crippen molar-refractivity contribution in [1.29, 1.82) is 0 Å². The van der Waals surface area contributed by atoms with Gasteiger partial charge >= 0.3 is 6.09 Å². The minimum atomic E-state index is -0.855. The summed E-state index contributed by atoms with van der Waals surface area (Å²) in [6, 6.07) is 18.5. The zero-order valence-electron chi connectivity index (χ0n) is 24.1. The van der Waals surface area contributed by atoms with Gasteiger partial charge in [0, 0.05) is 26.2 Å². The van der Waals surface area contributed by atoms with Gasteiger partial charge in [0.05, 0.1) is 6.04 Å². The summed E-state index contributed by atoms with van der Waals surface area (Å²) in [7, 11) is 0. The first kappa shape index (κ1) is 29.6. The van der Waals surface area contributed by atoms with E-state index in [2.05, 4.69) is 53.6 Å². The number of nitrogens with zero attached hydrogens (tertiary/aromatic N) is 2. The number of alkyl carbamates (subject to hydrolysis) is 1. The second kappa shape index (κ2) is 13.8. The van der Waals surface area contributed by atoms with Crippen molar-refractivity contribution in [2.24, 2.45) is 5.92 Å². The molecule has 2 aliphatic heterocycles. The van der Waals surface area contributed by atoms with Gasteiger partial charge in [0.2, 0.25) is 11.8 Å². The Morgan fingerprint density at radius 3 is 2.25 bits per heavy atom. The molecule has 2 saturated heterocycles. The number of carbonyl (C=O) groups excluding carboxylic acids is 3. The Morgan fingerprint density at radius 1 is 1.02 bits per heavy atom. The van der Waals surface area contributed by atoms with Crippen molar-refractivity contribution < 1.29 is 19.1 Å². The fourth-order valence-electron chi connectivity index (χ4n) is 5.87. The molecule has 2 aromatic rings. The van der Waals surface area contributed by atoms with Crippen LogP contribution in [0.1, 0.15) is 57.6 Å². The van der Waals surface area contributed by atoms with Crippen LogP contribution >= 0.6 is 0 Å². The van der Waals surface area contributed by atoms with Crippen molar-refractivity contribution >= 4 is 17.9 Å². The first-order chi connectivity index (χ1) is 19.3. The zero-order chi connectivity index (χ0) is 28.5. The van der Waals surface area contributed by atoms with Gasteiger partial charge in [0.25, 0.3) is 0 Å². The van der Waals surface area contributed by atoms with Crippen LogP contribution in [-0.4, -0.2) is 71.5 Å². The summed E-state index contributed by atoms with van der Waals surface area (Å²) in [5, 5.41) is 5.93. The summed E-state index contributed by atoms with van der Waals surface area (Å²) >= 11 is 0. The van der Waals surface area contributed by atoms with Gasteiger partial charge < -0.3 is 25.2 Å². The van der Waals surface area contributed by atoms with Gasteiger partial charge in [-0.1, -0.05) is 87.9 Å². The smallest absolute Gasteiger partial charge is 0.407 e. The molecule has 2 heterocycles. The van der Waals surface area contributed by atoms with Gasteiger partial charge in [0.1, 0.15) is 18.2 Å². The number of nitrogens with one attached hydrogen (secondary N) is 2. The van der Waals surface area contributed by atoms with E-state index in [1.807, 2.05) is 48.2 Å². The molecule has 2 N–H and O–H groups in total. The Bertz CT molecular complexity index is 1120. The maximum Gasteiger partial charge on any atom is 0.407 e. The number of ether oxygens (including phenoxy) is 1. The number of piperidine rings is 1. The molecule has 2 aliphatic rings. The van der Waals surface area contributed by atoms with E-state index in [9.17, 15) is 14.4 Å². The van der Waals surface area contributed by atoms with Crippen LogP contribution in [0, 0.1) is 5.92 Å². The molecule has 8 nitrogen and oxygen atoms in total. The van der Waals surface area contributed by atoms with Gasteiger partial charge in [-0.3, -0.25) is 9.59 Å². The lowest BCUT2D eigenvalue weighted by atomic mass is 9.80. The average Bonchev–Trinajstić information content (AvgIpc) is 2.96. The lowest BCUT2D eigenvalue weighted by molar-refractivity contribution is -0.163. The number of piperazine rings is 1. The first-order valence-electron chi connectivity index (χ1n) is 14.7. The Hall–Kier alpha value is -3.39. The van der Waals surface area contributed by atoms with Crippen molar-refractivity contribution in [3.05, 3.63) is 71.8 Å². The number of hydrogen-bond acceptors (Lipinski definition) is 5. The van der Waals surface area contributed by atoms with Crippen LogP contribution < -0.4 is 10.6 Å². The molecule has 0 bridgehead atoms. The van der Waals surface area contributed by atoms with E-state index in [-0.39, 0.29) is 24.3 Å². The highest BCUT2D eigenvalue weighted by Gasteiger charge is 2.55. The number of amides is 3. The molecule has 0 aromatic heterocycles. The van der Waals surface area contributed by atoms with Crippen LogP contribution in [0.2, 0.25) is 0 Å². The molecule has 40 heavy (non-hydrogen) atoms. The van der Waals surface area contributed by atoms with E-state index in [0.717, 1.165) is 38.0 Å². The largest absolute Gasteiger partial charge is 0.445 e. The number of hydrogen-bond donors (Lipinski definition) is 2. The van der Waals surface area contributed by atoms with Crippen molar-refractivity contribution in [3.8, 4) is 0 Å². The van der Waals surface area contributed by atoms with Crippen LogP contribution in [-0.2, 0) is 27.4 Å². The van der Waals surface area contributed by atoms with Crippen LogP contribution in [0.4, 0.5) is 4.79 Å². The molecule has 1 spiro atoms. The lowest BCUT2D eigenvalue weighted by Gasteiger charge is -2.53. The van der Waals surface area contributed by atoms with E-state index in [0.29, 0.717) is 25.8 Å². The monoisotopic (exact) mass is 548 g/mol. The van der Waals surface area contributed by atoms with E-state index < -0.39 is 23.7 Å². The van der Waals surface area contributed by atoms with Crippen molar-refractivity contribution in [2.45, 2.75) is 77.1 Å². The summed E-state index contributed by atoms with van der Waals surface area (Å²) in [5.74, 6) is -0.0224. The zero-order valence-corrected chi connectivity index (χ0v) is 24.1. The third kappa shape index (κ3) is 7.22. The fourth-order valence-corrected chi connectivity index (χ4v) is 5.87. The summed E-state index contributed by atoms with van der Waals surface area (Å²) in [6.07, 6.45) is 2.86. The maximum atomic E-state index is 14.1. The molecule has 216 valence electrons. The first-order valence-corrected chi connectivity index (χ1v) is 14.7. The molecule has 4 rings (SSSR count). The highest BCUT2D eigenvalue weighted by molar-refractivity contribution is 6.00. The third-order valence-corrected chi connectivity index (χ3v) is 8.07. The van der Waals surface area contributed by atoms with E-state index in [1.165, 1.54) is 5.56 Å². The Balaban J connectivity index is 1.43. The van der Waals surface area contributed by atoms with Gasteiger partial charge in [0.15, 0.2) is 0 Å². The Kier molecular flexibility index (Phi) is 10.2. The number of benzene rings is 2. The predicted octanol–water partition coefficient (Wildman–Crippen LogP) is 4.14. The van der Waals surface area contributed by atoms with Crippen LogP contribution in [0.15, 0.2) is 60.7 Å². The number of likely N-dealkylation sites (tertiary alicyclic amines) is 1. The normalized spacial score (nSPS) is 19.9. The SMILES string of the molecule is CCC[C@H](NC(=O)OCc1ccccc1)[C@@H]1NC(=O)C2(CCN(CCc3ccccc3)CC2)N(CC(C)C)C1=O.